The molecule has 33 heavy (non-hydrogen) atoms. The van der Waals surface area contributed by atoms with Gasteiger partial charge in [-0.25, -0.2) is 13.2 Å². The van der Waals surface area contributed by atoms with Crippen LogP contribution >= 0.6 is 11.6 Å². The summed E-state index contributed by atoms with van der Waals surface area (Å²) in [7, 11) is -3.80. The lowest BCUT2D eigenvalue weighted by atomic mass is 10.1. The highest BCUT2D eigenvalue weighted by atomic mass is 35.5. The third kappa shape index (κ3) is 5.91. The Balaban J connectivity index is 1.75. The highest BCUT2D eigenvalue weighted by Crippen LogP contribution is 2.25. The van der Waals surface area contributed by atoms with Gasteiger partial charge in [-0.15, -0.1) is 0 Å². The van der Waals surface area contributed by atoms with Gasteiger partial charge in [0.05, 0.1) is 33.3 Å². The molecule has 0 saturated carbocycles. The van der Waals surface area contributed by atoms with Crippen LogP contribution in [0.1, 0.15) is 38.8 Å². The summed E-state index contributed by atoms with van der Waals surface area (Å²) in [6.07, 6.45) is 0. The maximum atomic E-state index is 12.7. The van der Waals surface area contributed by atoms with Crippen molar-refractivity contribution in [1.29, 1.82) is 0 Å². The number of ether oxygens (including phenoxy) is 1. The van der Waals surface area contributed by atoms with E-state index in [4.69, 9.17) is 16.3 Å². The summed E-state index contributed by atoms with van der Waals surface area (Å²) in [5, 5.41) is 2.83. The first-order valence-corrected chi connectivity index (χ1v) is 11.9. The molecule has 0 aromatic heterocycles. The minimum atomic E-state index is -3.80. The first-order chi connectivity index (χ1) is 15.6. The first-order valence-electron chi connectivity index (χ1n) is 10.1. The Morgan fingerprint density at radius 1 is 0.970 bits per heavy atom. The van der Waals surface area contributed by atoms with E-state index in [0.717, 1.165) is 5.56 Å². The molecule has 7 nitrogen and oxygen atoms in total. The van der Waals surface area contributed by atoms with E-state index in [0.29, 0.717) is 16.8 Å². The van der Waals surface area contributed by atoms with Crippen molar-refractivity contribution in [3.05, 3.63) is 87.9 Å². The van der Waals surface area contributed by atoms with Gasteiger partial charge >= 0.3 is 5.97 Å². The number of hydrogen-bond donors (Lipinski definition) is 2. The summed E-state index contributed by atoms with van der Waals surface area (Å²) >= 11 is 6.27. The number of aryl methyl sites for hydroxylation is 2. The van der Waals surface area contributed by atoms with Gasteiger partial charge in [-0.1, -0.05) is 29.3 Å². The zero-order valence-corrected chi connectivity index (χ0v) is 19.9. The number of benzene rings is 3. The number of carbonyl (C=O) groups excluding carboxylic acids is 2. The number of hydrogen-bond acceptors (Lipinski definition) is 5. The quantitative estimate of drug-likeness (QED) is 0.448. The zero-order valence-electron chi connectivity index (χ0n) is 18.3. The normalized spacial score (nSPS) is 11.0. The molecule has 3 aromatic carbocycles. The Kier molecular flexibility index (Phi) is 7.40. The van der Waals surface area contributed by atoms with Crippen molar-refractivity contribution >= 4 is 44.9 Å². The van der Waals surface area contributed by atoms with Gasteiger partial charge in [0.1, 0.15) is 0 Å². The fourth-order valence-electron chi connectivity index (χ4n) is 3.03. The molecule has 1 amide bonds. The highest BCUT2D eigenvalue weighted by molar-refractivity contribution is 7.92. The van der Waals surface area contributed by atoms with Crippen molar-refractivity contribution in [2.45, 2.75) is 25.7 Å². The van der Waals surface area contributed by atoms with Gasteiger partial charge in [-0.2, -0.15) is 0 Å². The average Bonchev–Trinajstić information content (AvgIpc) is 2.75. The van der Waals surface area contributed by atoms with Crippen LogP contribution in [-0.2, 0) is 14.8 Å². The fraction of sp³-hybridized carbons (Fsp3) is 0.167. The van der Waals surface area contributed by atoms with Crippen LogP contribution in [0.5, 0.6) is 0 Å². The number of anilines is 2. The van der Waals surface area contributed by atoms with Crippen LogP contribution in [0.15, 0.2) is 65.6 Å². The Bertz CT molecular complexity index is 1300. The monoisotopic (exact) mass is 486 g/mol. The summed E-state index contributed by atoms with van der Waals surface area (Å²) < 4.78 is 32.6. The van der Waals surface area contributed by atoms with Crippen molar-refractivity contribution in [1.82, 2.24) is 0 Å². The molecule has 0 heterocycles. The molecule has 0 fully saturated rings. The van der Waals surface area contributed by atoms with Crippen molar-refractivity contribution in [3.8, 4) is 0 Å². The molecule has 0 radical (unpaired) electrons. The largest absolute Gasteiger partial charge is 0.462 e. The Hall–Kier alpha value is -3.36. The smallest absolute Gasteiger partial charge is 0.338 e. The lowest BCUT2D eigenvalue weighted by Crippen LogP contribution is -2.15. The van der Waals surface area contributed by atoms with E-state index in [1.165, 1.54) is 30.3 Å². The van der Waals surface area contributed by atoms with Gasteiger partial charge in [0.2, 0.25) is 0 Å². The molecule has 0 atom stereocenters. The topological polar surface area (TPSA) is 102 Å². The molecule has 3 aromatic rings. The molecule has 0 saturated heterocycles. The van der Waals surface area contributed by atoms with E-state index in [-0.39, 0.29) is 27.8 Å². The van der Waals surface area contributed by atoms with Crippen LogP contribution < -0.4 is 10.0 Å². The molecular weight excluding hydrogens is 464 g/mol. The second-order valence-electron chi connectivity index (χ2n) is 7.32. The average molecular weight is 487 g/mol. The Morgan fingerprint density at radius 2 is 1.67 bits per heavy atom. The van der Waals surface area contributed by atoms with Crippen LogP contribution in [0.25, 0.3) is 0 Å². The number of carbonyl (C=O) groups is 2. The second-order valence-corrected chi connectivity index (χ2v) is 9.41. The van der Waals surface area contributed by atoms with Gasteiger partial charge in [0.15, 0.2) is 0 Å². The van der Waals surface area contributed by atoms with Gasteiger partial charge in [0.25, 0.3) is 15.9 Å². The molecule has 172 valence electrons. The van der Waals surface area contributed by atoms with Crippen LogP contribution in [0, 0.1) is 13.8 Å². The molecule has 3 rings (SSSR count). The van der Waals surface area contributed by atoms with Crippen LogP contribution in [0.2, 0.25) is 5.02 Å². The summed E-state index contributed by atoms with van der Waals surface area (Å²) in [5.41, 5.74) is 2.91. The van der Waals surface area contributed by atoms with Crippen LogP contribution in [-0.4, -0.2) is 26.9 Å². The molecule has 9 heteroatoms. The molecule has 0 aliphatic carbocycles. The summed E-state index contributed by atoms with van der Waals surface area (Å²) in [6, 6.07) is 15.5. The third-order valence-corrected chi connectivity index (χ3v) is 6.49. The standard InChI is InChI=1S/C24H23ClN2O5S/c1-4-32-24(29)17-7-12-22(16(3)13-17)26-23(28)20-11-8-18(14-21(20)25)27-33(30,31)19-9-5-15(2)6-10-19/h5-14,27H,4H2,1-3H3,(H,26,28). The number of amides is 1. The zero-order chi connectivity index (χ0) is 24.2. The fourth-order valence-corrected chi connectivity index (χ4v) is 4.35. The predicted octanol–water partition coefficient (Wildman–Crippen LogP) is 5.19. The minimum Gasteiger partial charge on any atom is -0.462 e. The second kappa shape index (κ2) is 10.1. The first kappa shape index (κ1) is 24.3. The SMILES string of the molecule is CCOC(=O)c1ccc(NC(=O)c2ccc(NS(=O)(=O)c3ccc(C)cc3)cc2Cl)c(C)c1. The van der Waals surface area contributed by atoms with E-state index in [1.54, 1.807) is 44.2 Å². The Labute approximate surface area is 197 Å². The van der Waals surface area contributed by atoms with Crippen molar-refractivity contribution in [3.63, 3.8) is 0 Å². The van der Waals surface area contributed by atoms with Crippen molar-refractivity contribution < 1.29 is 22.7 Å². The summed E-state index contributed by atoms with van der Waals surface area (Å²) in [5.74, 6) is -0.912. The van der Waals surface area contributed by atoms with Gasteiger partial charge in [-0.3, -0.25) is 9.52 Å². The van der Waals surface area contributed by atoms with Crippen LogP contribution in [0.3, 0.4) is 0 Å². The third-order valence-electron chi connectivity index (χ3n) is 4.78. The molecular formula is C24H23ClN2O5S. The maximum Gasteiger partial charge on any atom is 0.338 e. The minimum absolute atomic E-state index is 0.0809. The summed E-state index contributed by atoms with van der Waals surface area (Å²) in [4.78, 5) is 24.7. The van der Waals surface area contributed by atoms with Crippen LogP contribution in [0.4, 0.5) is 11.4 Å². The van der Waals surface area contributed by atoms with E-state index in [2.05, 4.69) is 10.0 Å². The number of esters is 1. The number of halogens is 1. The number of nitrogens with one attached hydrogen (secondary N) is 2. The van der Waals surface area contributed by atoms with Crippen molar-refractivity contribution in [2.75, 3.05) is 16.6 Å². The highest BCUT2D eigenvalue weighted by Gasteiger charge is 2.17. The molecule has 0 aliphatic heterocycles. The lowest BCUT2D eigenvalue weighted by molar-refractivity contribution is 0.0526. The molecule has 0 aliphatic rings. The molecule has 0 unspecified atom stereocenters. The number of rotatable bonds is 7. The molecule has 0 spiro atoms. The lowest BCUT2D eigenvalue weighted by Gasteiger charge is -2.12. The van der Waals surface area contributed by atoms with Gasteiger partial charge in [0, 0.05) is 5.69 Å². The van der Waals surface area contributed by atoms with Crippen molar-refractivity contribution in [2.24, 2.45) is 0 Å². The van der Waals surface area contributed by atoms with E-state index >= 15 is 0 Å². The van der Waals surface area contributed by atoms with E-state index in [1.807, 2.05) is 6.92 Å². The van der Waals surface area contributed by atoms with E-state index < -0.39 is 21.9 Å². The Morgan fingerprint density at radius 3 is 2.27 bits per heavy atom. The van der Waals surface area contributed by atoms with Gasteiger partial charge < -0.3 is 10.1 Å². The molecule has 2 N–H and O–H groups in total. The van der Waals surface area contributed by atoms with E-state index in [9.17, 15) is 18.0 Å². The summed E-state index contributed by atoms with van der Waals surface area (Å²) in [6.45, 7) is 5.61. The number of sulfonamides is 1. The predicted molar refractivity (Wildman–Crippen MR) is 129 cm³/mol. The van der Waals surface area contributed by atoms with Gasteiger partial charge in [-0.05, 0) is 74.9 Å². The maximum absolute atomic E-state index is 12.7. The molecule has 0 bridgehead atoms.